The molecule has 0 saturated heterocycles. The summed E-state index contributed by atoms with van der Waals surface area (Å²) in [5.41, 5.74) is 15.5. The molecule has 1 aromatic heterocycles. The lowest BCUT2D eigenvalue weighted by molar-refractivity contribution is 0.891. The van der Waals surface area contributed by atoms with Crippen LogP contribution in [0.3, 0.4) is 0 Å². The van der Waals surface area contributed by atoms with Crippen LogP contribution in [0.5, 0.6) is 0 Å². The molecule has 0 amide bonds. The fourth-order valence-electron chi connectivity index (χ4n) is 8.04. The quantitative estimate of drug-likeness (QED) is 0.139. The maximum Gasteiger partial charge on any atom is 0.182 e. The molecular weight excluding hydrogens is 729 g/mol. The molecule has 1 heterocycles. The first-order valence-corrected chi connectivity index (χ1v) is 20.3. The molecule has 0 unspecified atom stereocenters. The van der Waals surface area contributed by atoms with Crippen LogP contribution < -0.4 is 4.90 Å². The predicted molar refractivity (Wildman–Crippen MR) is 249 cm³/mol. The zero-order chi connectivity index (χ0) is 40.1. The molecule has 0 aliphatic heterocycles. The molecule has 10 rings (SSSR count). The Bertz CT molecular complexity index is 2960. The maximum atomic E-state index is 5.18. The topological polar surface area (TPSA) is 34.0 Å². The van der Waals surface area contributed by atoms with Crippen LogP contribution in [-0.2, 0) is 0 Å². The number of rotatable bonds is 10. The number of nitrogens with zero attached hydrogens (tertiary/aromatic N) is 4. The van der Waals surface area contributed by atoms with Gasteiger partial charge in [-0.15, -0.1) is 5.10 Å². The van der Waals surface area contributed by atoms with Crippen LogP contribution in [0.25, 0.3) is 73.0 Å². The zero-order valence-corrected chi connectivity index (χ0v) is 32.9. The molecule has 9 aromatic carbocycles. The molecule has 0 N–H and O–H groups in total. The standard InChI is InChI=1S/C56H40N4/c1-5-19-41(20-6-1)51-29-15-18-32-54(51)56-57-55(44-21-7-2-8-22-44)58-60(56)48-39-35-43(36-40-48)50-28-14-17-31-53(50)52-30-16-13-27-49(52)42-33-37-47(38-34-42)59(45-23-9-3-10-24-45)46-25-11-4-12-26-46/h1-40H. The van der Waals surface area contributed by atoms with Gasteiger partial charge in [-0.1, -0.05) is 194 Å². The fraction of sp³-hybridized carbons (Fsp3) is 0. The highest BCUT2D eigenvalue weighted by Crippen LogP contribution is 2.41. The molecule has 0 spiro atoms. The smallest absolute Gasteiger partial charge is 0.182 e. The Morgan fingerprint density at radius 2 is 0.633 bits per heavy atom. The van der Waals surface area contributed by atoms with E-state index in [1.807, 2.05) is 28.9 Å². The molecule has 0 bridgehead atoms. The van der Waals surface area contributed by atoms with Crippen molar-refractivity contribution in [3.63, 3.8) is 0 Å². The van der Waals surface area contributed by atoms with E-state index < -0.39 is 0 Å². The first-order chi connectivity index (χ1) is 29.8. The van der Waals surface area contributed by atoms with Crippen molar-refractivity contribution in [1.82, 2.24) is 14.8 Å². The van der Waals surface area contributed by atoms with E-state index in [-0.39, 0.29) is 0 Å². The number of para-hydroxylation sites is 2. The van der Waals surface area contributed by atoms with Crippen LogP contribution in [0, 0.1) is 0 Å². The number of benzene rings is 9. The Labute approximate surface area is 351 Å². The molecule has 4 nitrogen and oxygen atoms in total. The van der Waals surface area contributed by atoms with Gasteiger partial charge < -0.3 is 4.90 Å². The van der Waals surface area contributed by atoms with Crippen molar-refractivity contribution in [3.05, 3.63) is 243 Å². The van der Waals surface area contributed by atoms with Crippen molar-refractivity contribution in [2.45, 2.75) is 0 Å². The van der Waals surface area contributed by atoms with Gasteiger partial charge in [-0.05, 0) is 93.0 Å². The lowest BCUT2D eigenvalue weighted by Gasteiger charge is -2.25. The van der Waals surface area contributed by atoms with Crippen molar-refractivity contribution in [2.75, 3.05) is 4.90 Å². The minimum Gasteiger partial charge on any atom is -0.311 e. The summed E-state index contributed by atoms with van der Waals surface area (Å²) in [5.74, 6) is 1.47. The number of aromatic nitrogens is 3. The van der Waals surface area contributed by atoms with Crippen molar-refractivity contribution in [3.8, 4) is 73.0 Å². The highest BCUT2D eigenvalue weighted by molar-refractivity contribution is 5.92. The van der Waals surface area contributed by atoms with E-state index in [1.165, 1.54) is 16.7 Å². The van der Waals surface area contributed by atoms with Gasteiger partial charge >= 0.3 is 0 Å². The lowest BCUT2D eigenvalue weighted by Crippen LogP contribution is -2.09. The minimum atomic E-state index is 0.681. The van der Waals surface area contributed by atoms with Gasteiger partial charge in [0.2, 0.25) is 0 Å². The molecule has 284 valence electrons. The third-order valence-electron chi connectivity index (χ3n) is 10.9. The fourth-order valence-corrected chi connectivity index (χ4v) is 8.04. The molecule has 0 atom stereocenters. The average Bonchev–Trinajstić information content (AvgIpc) is 3.79. The van der Waals surface area contributed by atoms with E-state index in [0.29, 0.717) is 5.82 Å². The Kier molecular flexibility index (Phi) is 9.92. The van der Waals surface area contributed by atoms with Gasteiger partial charge in [0.25, 0.3) is 0 Å². The van der Waals surface area contributed by atoms with Crippen LogP contribution in [0.2, 0.25) is 0 Å². The van der Waals surface area contributed by atoms with Crippen LogP contribution in [0.1, 0.15) is 0 Å². The normalized spacial score (nSPS) is 11.0. The van der Waals surface area contributed by atoms with E-state index in [1.54, 1.807) is 0 Å². The third kappa shape index (κ3) is 7.19. The van der Waals surface area contributed by atoms with E-state index in [9.17, 15) is 0 Å². The third-order valence-corrected chi connectivity index (χ3v) is 10.9. The van der Waals surface area contributed by atoms with E-state index >= 15 is 0 Å². The maximum absolute atomic E-state index is 5.18. The van der Waals surface area contributed by atoms with Gasteiger partial charge in [0.05, 0.1) is 5.69 Å². The van der Waals surface area contributed by atoms with E-state index in [2.05, 4.69) is 223 Å². The molecule has 0 fully saturated rings. The van der Waals surface area contributed by atoms with Crippen molar-refractivity contribution in [2.24, 2.45) is 0 Å². The number of hydrogen-bond acceptors (Lipinski definition) is 3. The lowest BCUT2D eigenvalue weighted by atomic mass is 9.89. The zero-order valence-electron chi connectivity index (χ0n) is 32.9. The van der Waals surface area contributed by atoms with Crippen molar-refractivity contribution >= 4 is 17.1 Å². The summed E-state index contributed by atoms with van der Waals surface area (Å²) in [6.07, 6.45) is 0. The Hall–Kier alpha value is -8.08. The van der Waals surface area contributed by atoms with Gasteiger partial charge in [0.1, 0.15) is 0 Å². The van der Waals surface area contributed by atoms with Crippen LogP contribution in [0.4, 0.5) is 17.1 Å². The molecule has 0 radical (unpaired) electrons. The summed E-state index contributed by atoms with van der Waals surface area (Å²) < 4.78 is 1.98. The summed E-state index contributed by atoms with van der Waals surface area (Å²) in [6.45, 7) is 0. The van der Waals surface area contributed by atoms with Gasteiger partial charge in [0, 0.05) is 28.2 Å². The molecule has 0 saturated carbocycles. The van der Waals surface area contributed by atoms with Gasteiger partial charge in [-0.2, -0.15) is 0 Å². The summed E-state index contributed by atoms with van der Waals surface area (Å²) in [5, 5.41) is 5.13. The van der Waals surface area contributed by atoms with Crippen LogP contribution in [-0.4, -0.2) is 14.8 Å². The number of hydrogen-bond donors (Lipinski definition) is 0. The molecule has 0 aliphatic rings. The summed E-state index contributed by atoms with van der Waals surface area (Å²) in [4.78, 5) is 7.47. The molecule has 10 aromatic rings. The van der Waals surface area contributed by atoms with Crippen LogP contribution in [0.15, 0.2) is 243 Å². The Morgan fingerprint density at radius 3 is 1.13 bits per heavy atom. The average molecular weight is 769 g/mol. The predicted octanol–water partition coefficient (Wildman–Crippen LogP) is 14.7. The monoisotopic (exact) mass is 768 g/mol. The molecule has 0 aliphatic carbocycles. The number of anilines is 3. The minimum absolute atomic E-state index is 0.681. The first-order valence-electron chi connectivity index (χ1n) is 20.3. The van der Waals surface area contributed by atoms with E-state index in [0.717, 1.165) is 67.5 Å². The second-order valence-electron chi connectivity index (χ2n) is 14.6. The molecular formula is C56H40N4. The Morgan fingerprint density at radius 1 is 0.283 bits per heavy atom. The first kappa shape index (κ1) is 36.3. The SMILES string of the molecule is c1ccc(-c2nc(-c3ccccc3-c3ccccc3)n(-c3ccc(-c4ccccc4-c4ccccc4-c4ccc(N(c5ccccc5)c5ccccc5)cc4)cc3)n2)cc1. The van der Waals surface area contributed by atoms with Crippen molar-refractivity contribution < 1.29 is 0 Å². The Balaban J connectivity index is 1.01. The summed E-state index contributed by atoms with van der Waals surface area (Å²) in [6, 6.07) is 85.2. The largest absolute Gasteiger partial charge is 0.311 e. The highest BCUT2D eigenvalue weighted by Gasteiger charge is 2.20. The van der Waals surface area contributed by atoms with Gasteiger partial charge in [-0.25, -0.2) is 9.67 Å². The van der Waals surface area contributed by atoms with Crippen LogP contribution >= 0.6 is 0 Å². The van der Waals surface area contributed by atoms with Gasteiger partial charge in [0.15, 0.2) is 11.6 Å². The second-order valence-corrected chi connectivity index (χ2v) is 14.6. The van der Waals surface area contributed by atoms with E-state index in [4.69, 9.17) is 10.1 Å². The summed E-state index contributed by atoms with van der Waals surface area (Å²) >= 11 is 0. The highest BCUT2D eigenvalue weighted by atomic mass is 15.4. The second kappa shape index (κ2) is 16.4. The van der Waals surface area contributed by atoms with Gasteiger partial charge in [-0.3, -0.25) is 0 Å². The van der Waals surface area contributed by atoms with Crippen molar-refractivity contribution in [1.29, 1.82) is 0 Å². The molecule has 60 heavy (non-hydrogen) atoms. The summed E-state index contributed by atoms with van der Waals surface area (Å²) in [7, 11) is 0. The molecule has 4 heteroatoms.